The van der Waals surface area contributed by atoms with E-state index in [0.717, 1.165) is 57.6 Å². The van der Waals surface area contributed by atoms with Crippen molar-refractivity contribution < 1.29 is 18.4 Å². The maximum Gasteiger partial charge on any atom is 0.290 e. The minimum atomic E-state index is -0.883. The summed E-state index contributed by atoms with van der Waals surface area (Å²) >= 11 is 0. The Hall–Kier alpha value is -2.71. The zero-order valence-corrected chi connectivity index (χ0v) is 23.7. The molecule has 0 unspecified atom stereocenters. The van der Waals surface area contributed by atoms with Gasteiger partial charge in [-0.3, -0.25) is 14.5 Å². The first kappa shape index (κ1) is 29.3. The molecule has 214 valence electrons. The maximum atomic E-state index is 14.1. The fraction of sp³-hybridized carbons (Fsp3) is 0.613. The van der Waals surface area contributed by atoms with Gasteiger partial charge in [-0.2, -0.15) is 0 Å². The molecule has 1 aliphatic heterocycles. The lowest BCUT2D eigenvalue weighted by atomic mass is 9.94. The molecule has 0 spiro atoms. The minimum absolute atomic E-state index is 0.0914. The number of amides is 2. The number of hydrogen-bond acceptors (Lipinski definition) is 5. The molecule has 1 atom stereocenters. The van der Waals surface area contributed by atoms with Gasteiger partial charge in [-0.25, -0.2) is 4.39 Å². The smallest absolute Gasteiger partial charge is 0.290 e. The van der Waals surface area contributed by atoms with Crippen LogP contribution in [-0.4, -0.2) is 71.8 Å². The van der Waals surface area contributed by atoms with E-state index in [2.05, 4.69) is 29.0 Å². The van der Waals surface area contributed by atoms with E-state index < -0.39 is 6.04 Å². The molecule has 2 fully saturated rings. The van der Waals surface area contributed by atoms with E-state index in [9.17, 15) is 14.0 Å². The topological polar surface area (TPSA) is 69.0 Å². The molecule has 7 nitrogen and oxygen atoms in total. The van der Waals surface area contributed by atoms with Crippen LogP contribution < -0.4 is 5.32 Å². The molecule has 1 saturated heterocycles. The van der Waals surface area contributed by atoms with Gasteiger partial charge >= 0.3 is 0 Å². The predicted octanol–water partition coefficient (Wildman–Crippen LogP) is 5.38. The summed E-state index contributed by atoms with van der Waals surface area (Å²) in [5.41, 5.74) is 0.595. The first-order valence-corrected chi connectivity index (χ1v) is 14.9. The number of nitrogens with one attached hydrogen (secondary N) is 1. The average Bonchev–Trinajstić information content (AvgIpc) is 3.43. The number of likely N-dealkylation sites (tertiary alicyclic amines) is 1. The second-order valence-electron chi connectivity index (χ2n) is 10.9. The standard InChI is InChI=1S/C31H45FN4O3/c1-3-34(4-2)21-22-36(31(38)28-18-17-27(39-28)23-35-19-9-6-10-20-35)29(24-13-15-25(32)16-14-24)30(37)33-26-11-7-5-8-12-26/h13-18,26,29H,3-12,19-23H2,1-2H3,(H,33,37)/t29-/m1/s1. The van der Waals surface area contributed by atoms with Crippen molar-refractivity contribution in [3.63, 3.8) is 0 Å². The lowest BCUT2D eigenvalue weighted by Crippen LogP contribution is -2.49. The minimum Gasteiger partial charge on any atom is -0.455 e. The van der Waals surface area contributed by atoms with Gasteiger partial charge in [0.2, 0.25) is 5.91 Å². The highest BCUT2D eigenvalue weighted by Gasteiger charge is 2.35. The van der Waals surface area contributed by atoms with Crippen molar-refractivity contribution in [3.05, 3.63) is 59.3 Å². The predicted molar refractivity (Wildman–Crippen MR) is 151 cm³/mol. The molecule has 0 radical (unpaired) electrons. The number of hydrogen-bond donors (Lipinski definition) is 1. The molecule has 1 aromatic heterocycles. The molecular formula is C31H45FN4O3. The molecule has 2 aliphatic rings. The SMILES string of the molecule is CCN(CC)CCN(C(=O)c1ccc(CN2CCCCC2)o1)[C@@H](C(=O)NC1CCCCC1)c1ccc(F)cc1. The molecule has 4 rings (SSSR count). The Morgan fingerprint density at radius 2 is 1.62 bits per heavy atom. The van der Waals surface area contributed by atoms with Gasteiger partial charge in [0.25, 0.3) is 5.91 Å². The van der Waals surface area contributed by atoms with Crippen LogP contribution in [-0.2, 0) is 11.3 Å². The summed E-state index contributed by atoms with van der Waals surface area (Å²) in [6.45, 7) is 9.57. The van der Waals surface area contributed by atoms with Crippen molar-refractivity contribution in [1.29, 1.82) is 0 Å². The molecule has 0 bridgehead atoms. The van der Waals surface area contributed by atoms with E-state index in [4.69, 9.17) is 4.42 Å². The highest BCUT2D eigenvalue weighted by atomic mass is 19.1. The monoisotopic (exact) mass is 540 g/mol. The van der Waals surface area contributed by atoms with Crippen molar-refractivity contribution in [2.45, 2.75) is 83.8 Å². The third-order valence-corrected chi connectivity index (χ3v) is 8.21. The van der Waals surface area contributed by atoms with Gasteiger partial charge in [0.15, 0.2) is 5.76 Å². The van der Waals surface area contributed by atoms with E-state index in [0.29, 0.717) is 25.2 Å². The van der Waals surface area contributed by atoms with Crippen molar-refractivity contribution in [2.75, 3.05) is 39.3 Å². The number of benzene rings is 1. The Labute approximate surface area is 232 Å². The summed E-state index contributed by atoms with van der Waals surface area (Å²) < 4.78 is 20.0. The van der Waals surface area contributed by atoms with Crippen LogP contribution >= 0.6 is 0 Å². The Bertz CT molecular complexity index is 1040. The zero-order valence-electron chi connectivity index (χ0n) is 23.7. The number of likely N-dealkylation sites (N-methyl/N-ethyl adjacent to an activating group) is 1. The van der Waals surface area contributed by atoms with Gasteiger partial charge < -0.3 is 19.5 Å². The lowest BCUT2D eigenvalue weighted by molar-refractivity contribution is -0.127. The Morgan fingerprint density at radius 3 is 2.28 bits per heavy atom. The fourth-order valence-corrected chi connectivity index (χ4v) is 5.84. The summed E-state index contributed by atoms with van der Waals surface area (Å²) in [4.78, 5) is 34.1. The van der Waals surface area contributed by atoms with E-state index >= 15 is 0 Å². The van der Waals surface area contributed by atoms with Crippen LogP contribution in [0.3, 0.4) is 0 Å². The van der Waals surface area contributed by atoms with Crippen LogP contribution in [0.2, 0.25) is 0 Å². The Morgan fingerprint density at radius 1 is 0.949 bits per heavy atom. The molecule has 2 aromatic rings. The Kier molecular flexibility index (Phi) is 11.0. The molecule has 1 aromatic carbocycles. The van der Waals surface area contributed by atoms with Gasteiger partial charge in [0.05, 0.1) is 6.54 Å². The van der Waals surface area contributed by atoms with Crippen LogP contribution in [0.5, 0.6) is 0 Å². The molecular weight excluding hydrogens is 495 g/mol. The van der Waals surface area contributed by atoms with Crippen LogP contribution in [0.25, 0.3) is 0 Å². The first-order valence-electron chi connectivity index (χ1n) is 14.9. The van der Waals surface area contributed by atoms with E-state index in [1.54, 1.807) is 23.1 Å². The van der Waals surface area contributed by atoms with Crippen LogP contribution in [0.15, 0.2) is 40.8 Å². The lowest BCUT2D eigenvalue weighted by Gasteiger charge is -2.34. The first-order chi connectivity index (χ1) is 19.0. The third-order valence-electron chi connectivity index (χ3n) is 8.21. The van der Waals surface area contributed by atoms with Gasteiger partial charge in [0, 0.05) is 19.1 Å². The number of carbonyl (C=O) groups excluding carboxylic acids is 2. The second-order valence-corrected chi connectivity index (χ2v) is 10.9. The van der Waals surface area contributed by atoms with Crippen LogP contribution in [0.4, 0.5) is 4.39 Å². The largest absolute Gasteiger partial charge is 0.455 e. The third kappa shape index (κ3) is 8.15. The van der Waals surface area contributed by atoms with E-state index in [1.165, 1.54) is 37.8 Å². The normalized spacial score (nSPS) is 17.7. The van der Waals surface area contributed by atoms with Crippen molar-refractivity contribution in [3.8, 4) is 0 Å². The number of furan rings is 1. The molecule has 39 heavy (non-hydrogen) atoms. The van der Waals surface area contributed by atoms with E-state index in [1.807, 2.05) is 6.07 Å². The highest BCUT2D eigenvalue weighted by Crippen LogP contribution is 2.27. The van der Waals surface area contributed by atoms with E-state index in [-0.39, 0.29) is 29.4 Å². The molecule has 1 saturated carbocycles. The molecule has 2 amide bonds. The summed E-state index contributed by atoms with van der Waals surface area (Å²) in [6.07, 6.45) is 8.85. The molecule has 1 N–H and O–H groups in total. The summed E-state index contributed by atoms with van der Waals surface area (Å²) in [5, 5.41) is 3.22. The molecule has 2 heterocycles. The van der Waals surface area contributed by atoms with Crippen LogP contribution in [0.1, 0.15) is 93.1 Å². The number of halogens is 1. The fourth-order valence-electron chi connectivity index (χ4n) is 5.84. The van der Waals surface area contributed by atoms with Crippen molar-refractivity contribution in [1.82, 2.24) is 20.0 Å². The zero-order chi connectivity index (χ0) is 27.6. The van der Waals surface area contributed by atoms with Gasteiger partial charge in [-0.15, -0.1) is 0 Å². The van der Waals surface area contributed by atoms with Gasteiger partial charge in [0.1, 0.15) is 17.6 Å². The number of carbonyl (C=O) groups is 2. The number of nitrogens with zero attached hydrogens (tertiary/aromatic N) is 3. The van der Waals surface area contributed by atoms with Crippen molar-refractivity contribution in [2.24, 2.45) is 0 Å². The van der Waals surface area contributed by atoms with Crippen LogP contribution in [0, 0.1) is 5.82 Å². The van der Waals surface area contributed by atoms with Crippen molar-refractivity contribution >= 4 is 11.8 Å². The average molecular weight is 541 g/mol. The number of piperidine rings is 1. The van der Waals surface area contributed by atoms with Gasteiger partial charge in [-0.05, 0) is 81.7 Å². The Balaban J connectivity index is 1.61. The molecule has 8 heteroatoms. The van der Waals surface area contributed by atoms with Gasteiger partial charge in [-0.1, -0.05) is 51.7 Å². The second kappa shape index (κ2) is 14.6. The summed E-state index contributed by atoms with van der Waals surface area (Å²) in [6, 6.07) is 8.75. The molecule has 1 aliphatic carbocycles. The summed E-state index contributed by atoms with van der Waals surface area (Å²) in [5.74, 6) is 0.0781. The quantitative estimate of drug-likeness (QED) is 0.392. The highest BCUT2D eigenvalue weighted by molar-refractivity contribution is 5.96. The maximum absolute atomic E-state index is 14.1. The summed E-state index contributed by atoms with van der Waals surface area (Å²) in [7, 11) is 0. The number of rotatable bonds is 12.